The molecule has 0 unspecified atom stereocenters. The second-order valence-electron chi connectivity index (χ2n) is 5.50. The van der Waals surface area contributed by atoms with E-state index in [-0.39, 0.29) is 12.5 Å². The van der Waals surface area contributed by atoms with Crippen molar-refractivity contribution in [1.29, 1.82) is 0 Å². The van der Waals surface area contributed by atoms with Gasteiger partial charge in [0, 0.05) is 0 Å². The number of carbonyl (C=O) groups is 1. The van der Waals surface area contributed by atoms with Crippen LogP contribution in [0.2, 0.25) is 0 Å². The van der Waals surface area contributed by atoms with Crippen molar-refractivity contribution < 1.29 is 14.3 Å². The van der Waals surface area contributed by atoms with Gasteiger partial charge in [-0.25, -0.2) is 5.43 Å². The van der Waals surface area contributed by atoms with Crippen molar-refractivity contribution >= 4 is 11.6 Å². The second-order valence-corrected chi connectivity index (χ2v) is 5.50. The Bertz CT molecular complexity index is 699. The third-order valence-electron chi connectivity index (χ3n) is 3.62. The Kier molecular flexibility index (Phi) is 7.50. The molecule has 0 aliphatic heterocycles. The molecule has 2 aromatic carbocycles. The first kappa shape index (κ1) is 18.5. The van der Waals surface area contributed by atoms with Gasteiger partial charge in [-0.05, 0) is 30.5 Å². The van der Waals surface area contributed by atoms with Crippen LogP contribution in [0.5, 0.6) is 11.5 Å². The predicted molar refractivity (Wildman–Crippen MR) is 99.1 cm³/mol. The van der Waals surface area contributed by atoms with Crippen LogP contribution in [0.25, 0.3) is 0 Å². The van der Waals surface area contributed by atoms with E-state index in [0.717, 1.165) is 30.5 Å². The number of hydrazone groups is 1. The fourth-order valence-corrected chi connectivity index (χ4v) is 2.28. The SMILES string of the molecule is CCCC/C(=N\NC(=O)COc1ccccc1OC)c1ccccc1. The minimum absolute atomic E-state index is 0.125. The summed E-state index contributed by atoms with van der Waals surface area (Å²) in [6, 6.07) is 17.1. The summed E-state index contributed by atoms with van der Waals surface area (Å²) >= 11 is 0. The van der Waals surface area contributed by atoms with Crippen LogP contribution in [0, 0.1) is 0 Å². The van der Waals surface area contributed by atoms with Crippen LogP contribution in [0.3, 0.4) is 0 Å². The van der Waals surface area contributed by atoms with Gasteiger partial charge in [-0.1, -0.05) is 55.8 Å². The third kappa shape index (κ3) is 5.95. The highest BCUT2D eigenvalue weighted by Crippen LogP contribution is 2.25. The summed E-state index contributed by atoms with van der Waals surface area (Å²) in [6.07, 6.45) is 2.90. The first-order chi connectivity index (χ1) is 12.2. The lowest BCUT2D eigenvalue weighted by Crippen LogP contribution is -2.26. The van der Waals surface area contributed by atoms with Crippen molar-refractivity contribution in [1.82, 2.24) is 5.43 Å². The molecule has 0 aliphatic rings. The van der Waals surface area contributed by atoms with Gasteiger partial charge in [0.2, 0.25) is 0 Å². The highest BCUT2D eigenvalue weighted by atomic mass is 16.5. The molecule has 0 heterocycles. The molecule has 1 N–H and O–H groups in total. The molecular weight excluding hydrogens is 316 g/mol. The van der Waals surface area contributed by atoms with Gasteiger partial charge in [0.05, 0.1) is 12.8 Å². The molecule has 0 aliphatic carbocycles. The van der Waals surface area contributed by atoms with Gasteiger partial charge in [-0.15, -0.1) is 0 Å². The lowest BCUT2D eigenvalue weighted by molar-refractivity contribution is -0.123. The van der Waals surface area contributed by atoms with Crippen LogP contribution >= 0.6 is 0 Å². The number of para-hydroxylation sites is 2. The summed E-state index contributed by atoms with van der Waals surface area (Å²) in [5.41, 5.74) is 4.47. The van der Waals surface area contributed by atoms with Crippen LogP contribution in [0.4, 0.5) is 0 Å². The zero-order valence-electron chi connectivity index (χ0n) is 14.7. The first-order valence-electron chi connectivity index (χ1n) is 8.41. The van der Waals surface area contributed by atoms with E-state index >= 15 is 0 Å². The molecule has 2 aromatic rings. The molecule has 0 atom stereocenters. The number of nitrogens with zero attached hydrogens (tertiary/aromatic N) is 1. The molecule has 1 amide bonds. The maximum Gasteiger partial charge on any atom is 0.277 e. The lowest BCUT2D eigenvalue weighted by atomic mass is 10.1. The van der Waals surface area contributed by atoms with Crippen LogP contribution in [-0.2, 0) is 4.79 Å². The van der Waals surface area contributed by atoms with Gasteiger partial charge in [0.1, 0.15) is 0 Å². The van der Waals surface area contributed by atoms with E-state index in [1.165, 1.54) is 0 Å². The highest BCUT2D eigenvalue weighted by Gasteiger charge is 2.08. The van der Waals surface area contributed by atoms with Crippen LogP contribution in [0.15, 0.2) is 59.7 Å². The number of hydrogen-bond donors (Lipinski definition) is 1. The summed E-state index contributed by atoms with van der Waals surface area (Å²) in [5.74, 6) is 0.806. The maximum atomic E-state index is 12.0. The molecule has 25 heavy (non-hydrogen) atoms. The highest BCUT2D eigenvalue weighted by molar-refractivity contribution is 6.01. The average molecular weight is 340 g/mol. The molecule has 0 spiro atoms. The van der Waals surface area contributed by atoms with Crippen molar-refractivity contribution in [3.8, 4) is 11.5 Å². The van der Waals surface area contributed by atoms with E-state index in [2.05, 4.69) is 17.5 Å². The van der Waals surface area contributed by atoms with Gasteiger partial charge >= 0.3 is 0 Å². The molecule has 0 saturated heterocycles. The van der Waals surface area contributed by atoms with Gasteiger partial charge in [-0.3, -0.25) is 4.79 Å². The molecule has 0 saturated carbocycles. The zero-order chi connectivity index (χ0) is 17.9. The quantitative estimate of drug-likeness (QED) is 0.558. The minimum atomic E-state index is -0.309. The molecule has 2 rings (SSSR count). The van der Waals surface area contributed by atoms with Crippen LogP contribution in [0.1, 0.15) is 31.7 Å². The Labute approximate surface area is 148 Å². The smallest absolute Gasteiger partial charge is 0.277 e. The van der Waals surface area contributed by atoms with Gasteiger partial charge in [0.15, 0.2) is 18.1 Å². The third-order valence-corrected chi connectivity index (χ3v) is 3.62. The number of carbonyl (C=O) groups excluding carboxylic acids is 1. The summed E-state index contributed by atoms with van der Waals surface area (Å²) in [4.78, 5) is 12.0. The number of ether oxygens (including phenoxy) is 2. The number of unbranched alkanes of at least 4 members (excludes halogenated alkanes) is 1. The molecule has 5 heteroatoms. The molecule has 0 radical (unpaired) electrons. The molecule has 0 bridgehead atoms. The van der Waals surface area contributed by atoms with Crippen molar-refractivity contribution in [2.45, 2.75) is 26.2 Å². The van der Waals surface area contributed by atoms with Crippen molar-refractivity contribution in [3.05, 3.63) is 60.2 Å². The van der Waals surface area contributed by atoms with E-state index < -0.39 is 0 Å². The fourth-order valence-electron chi connectivity index (χ4n) is 2.28. The maximum absolute atomic E-state index is 12.0. The molecular formula is C20H24N2O3. The van der Waals surface area contributed by atoms with Gasteiger partial charge < -0.3 is 9.47 Å². The lowest BCUT2D eigenvalue weighted by Gasteiger charge is -2.10. The summed E-state index contributed by atoms with van der Waals surface area (Å²) < 4.78 is 10.7. The molecule has 5 nitrogen and oxygen atoms in total. The Morgan fingerprint density at radius 1 is 1.04 bits per heavy atom. The van der Waals surface area contributed by atoms with Crippen molar-refractivity contribution in [2.75, 3.05) is 13.7 Å². The Morgan fingerprint density at radius 2 is 1.72 bits per heavy atom. The number of rotatable bonds is 9. The number of hydrogen-bond acceptors (Lipinski definition) is 4. The van der Waals surface area contributed by atoms with Gasteiger partial charge in [-0.2, -0.15) is 5.10 Å². The number of benzene rings is 2. The minimum Gasteiger partial charge on any atom is -0.493 e. The van der Waals surface area contributed by atoms with Crippen LogP contribution < -0.4 is 14.9 Å². The number of amides is 1. The second kappa shape index (κ2) is 10.1. The monoisotopic (exact) mass is 340 g/mol. The molecule has 0 aromatic heterocycles. The van der Waals surface area contributed by atoms with E-state index in [9.17, 15) is 4.79 Å². The normalized spacial score (nSPS) is 11.0. The Morgan fingerprint density at radius 3 is 2.40 bits per heavy atom. The average Bonchev–Trinajstić information content (AvgIpc) is 2.67. The van der Waals surface area contributed by atoms with Crippen molar-refractivity contribution in [2.24, 2.45) is 5.10 Å². The summed E-state index contributed by atoms with van der Waals surface area (Å²) in [7, 11) is 1.56. The largest absolute Gasteiger partial charge is 0.493 e. The van der Waals surface area contributed by atoms with Crippen molar-refractivity contribution in [3.63, 3.8) is 0 Å². The Hall–Kier alpha value is -2.82. The standard InChI is InChI=1S/C20H24N2O3/c1-3-4-12-17(16-10-6-5-7-11-16)21-22-20(23)15-25-19-14-9-8-13-18(19)24-2/h5-11,13-14H,3-4,12,15H2,1-2H3,(H,22,23)/b21-17+. The van der Waals surface area contributed by atoms with E-state index in [0.29, 0.717) is 11.5 Å². The van der Waals surface area contributed by atoms with E-state index in [1.54, 1.807) is 19.2 Å². The van der Waals surface area contributed by atoms with E-state index in [1.807, 2.05) is 42.5 Å². The predicted octanol–water partition coefficient (Wildman–Crippen LogP) is 3.78. The first-order valence-corrected chi connectivity index (χ1v) is 8.41. The summed E-state index contributed by atoms with van der Waals surface area (Å²) in [6.45, 7) is 2.00. The number of nitrogens with one attached hydrogen (secondary N) is 1. The topological polar surface area (TPSA) is 59.9 Å². The fraction of sp³-hybridized carbons (Fsp3) is 0.300. The molecule has 132 valence electrons. The van der Waals surface area contributed by atoms with E-state index in [4.69, 9.17) is 9.47 Å². The number of methoxy groups -OCH3 is 1. The van der Waals surface area contributed by atoms with Crippen LogP contribution in [-0.4, -0.2) is 25.3 Å². The molecule has 0 fully saturated rings. The van der Waals surface area contributed by atoms with Gasteiger partial charge in [0.25, 0.3) is 5.91 Å². The summed E-state index contributed by atoms with van der Waals surface area (Å²) in [5, 5.41) is 4.29. The Balaban J connectivity index is 1.96. The zero-order valence-corrected chi connectivity index (χ0v) is 14.7.